The lowest BCUT2D eigenvalue weighted by Gasteiger charge is -2.36. The summed E-state index contributed by atoms with van der Waals surface area (Å²) in [6.07, 6.45) is 1.57. The first-order valence-corrected chi connectivity index (χ1v) is 5.64. The highest BCUT2D eigenvalue weighted by molar-refractivity contribution is 5.86. The summed E-state index contributed by atoms with van der Waals surface area (Å²) in [4.78, 5) is 2.24. The number of nitrogens with zero attached hydrogens (tertiary/aromatic N) is 2. The van der Waals surface area contributed by atoms with E-state index in [9.17, 15) is 5.11 Å². The van der Waals surface area contributed by atoms with Crippen LogP contribution in [0.3, 0.4) is 0 Å². The van der Waals surface area contributed by atoms with E-state index in [4.69, 9.17) is 5.21 Å². The van der Waals surface area contributed by atoms with Gasteiger partial charge in [0, 0.05) is 32.0 Å². The van der Waals surface area contributed by atoms with E-state index in [1.165, 1.54) is 0 Å². The normalized spacial score (nSPS) is 30.4. The van der Waals surface area contributed by atoms with Crippen LogP contribution in [-0.4, -0.2) is 46.2 Å². The van der Waals surface area contributed by atoms with E-state index in [1.54, 1.807) is 0 Å². The summed E-state index contributed by atoms with van der Waals surface area (Å²) in [6, 6.07) is 0. The predicted molar refractivity (Wildman–Crippen MR) is 60.4 cm³/mol. The van der Waals surface area contributed by atoms with Gasteiger partial charge in [0.1, 0.15) is 0 Å². The van der Waals surface area contributed by atoms with E-state index >= 15 is 0 Å². The Kier molecular flexibility index (Phi) is 4.11. The standard InChI is InChI=1S/C11H22N2O2/c1-4-11(3,14)8-13-6-5-10(12-15)9(2)7-13/h9,14-15H,4-8H2,1-3H3. The first kappa shape index (κ1) is 12.5. The van der Waals surface area contributed by atoms with Crippen LogP contribution in [0.1, 0.15) is 33.6 Å². The Balaban J connectivity index is 2.48. The molecule has 0 amide bonds. The fourth-order valence-electron chi connectivity index (χ4n) is 1.99. The summed E-state index contributed by atoms with van der Waals surface area (Å²) in [7, 11) is 0. The average molecular weight is 214 g/mol. The molecule has 2 atom stereocenters. The summed E-state index contributed by atoms with van der Waals surface area (Å²) in [5.41, 5.74) is 0.274. The van der Waals surface area contributed by atoms with E-state index < -0.39 is 5.60 Å². The zero-order valence-electron chi connectivity index (χ0n) is 9.90. The van der Waals surface area contributed by atoms with Crippen LogP contribution in [0.2, 0.25) is 0 Å². The Morgan fingerprint density at radius 1 is 1.60 bits per heavy atom. The third kappa shape index (κ3) is 3.47. The second-order valence-corrected chi connectivity index (χ2v) is 4.83. The molecule has 15 heavy (non-hydrogen) atoms. The number of aliphatic hydroxyl groups is 1. The number of hydrogen-bond donors (Lipinski definition) is 2. The van der Waals surface area contributed by atoms with Crippen LogP contribution in [0.4, 0.5) is 0 Å². The van der Waals surface area contributed by atoms with Crippen molar-refractivity contribution in [2.24, 2.45) is 11.1 Å². The maximum atomic E-state index is 9.96. The molecule has 2 unspecified atom stereocenters. The Labute approximate surface area is 91.6 Å². The number of piperidine rings is 1. The van der Waals surface area contributed by atoms with Crippen molar-refractivity contribution in [1.82, 2.24) is 4.90 Å². The second kappa shape index (κ2) is 4.94. The Bertz CT molecular complexity index is 239. The Morgan fingerprint density at radius 2 is 2.27 bits per heavy atom. The smallest absolute Gasteiger partial charge is 0.0743 e. The minimum atomic E-state index is -0.604. The molecule has 0 bridgehead atoms. The molecule has 1 aliphatic rings. The summed E-state index contributed by atoms with van der Waals surface area (Å²) < 4.78 is 0. The van der Waals surface area contributed by atoms with Crippen molar-refractivity contribution in [3.63, 3.8) is 0 Å². The van der Waals surface area contributed by atoms with Gasteiger partial charge in [0.25, 0.3) is 0 Å². The molecule has 0 radical (unpaired) electrons. The van der Waals surface area contributed by atoms with Crippen molar-refractivity contribution in [2.45, 2.75) is 39.2 Å². The van der Waals surface area contributed by atoms with Gasteiger partial charge in [0.2, 0.25) is 0 Å². The Morgan fingerprint density at radius 3 is 2.73 bits per heavy atom. The lowest BCUT2D eigenvalue weighted by Crippen LogP contribution is -2.47. The first-order chi connectivity index (χ1) is 6.98. The minimum Gasteiger partial charge on any atom is -0.411 e. The molecule has 0 aliphatic carbocycles. The molecule has 1 aliphatic heterocycles. The van der Waals surface area contributed by atoms with Crippen molar-refractivity contribution in [2.75, 3.05) is 19.6 Å². The van der Waals surface area contributed by atoms with Crippen LogP contribution in [0, 0.1) is 5.92 Å². The summed E-state index contributed by atoms with van der Waals surface area (Å²) in [5, 5.41) is 22.0. The maximum Gasteiger partial charge on any atom is 0.0743 e. The van der Waals surface area contributed by atoms with Crippen LogP contribution >= 0.6 is 0 Å². The van der Waals surface area contributed by atoms with E-state index in [2.05, 4.69) is 17.0 Å². The molecule has 4 heteroatoms. The van der Waals surface area contributed by atoms with Crippen LogP contribution in [0.5, 0.6) is 0 Å². The molecule has 0 saturated carbocycles. The minimum absolute atomic E-state index is 0.288. The fourth-order valence-corrected chi connectivity index (χ4v) is 1.99. The molecular weight excluding hydrogens is 192 g/mol. The van der Waals surface area contributed by atoms with E-state index in [0.29, 0.717) is 6.54 Å². The zero-order chi connectivity index (χ0) is 11.5. The zero-order valence-corrected chi connectivity index (χ0v) is 9.90. The van der Waals surface area contributed by atoms with Gasteiger partial charge in [-0.3, -0.25) is 4.90 Å². The third-order valence-electron chi connectivity index (χ3n) is 3.24. The van der Waals surface area contributed by atoms with Gasteiger partial charge in [0.15, 0.2) is 0 Å². The number of oxime groups is 1. The predicted octanol–water partition coefficient (Wildman–Crippen LogP) is 1.32. The van der Waals surface area contributed by atoms with E-state index in [0.717, 1.165) is 31.6 Å². The fraction of sp³-hybridized carbons (Fsp3) is 0.909. The number of hydrogen-bond acceptors (Lipinski definition) is 4. The maximum absolute atomic E-state index is 9.96. The molecule has 88 valence electrons. The largest absolute Gasteiger partial charge is 0.411 e. The van der Waals surface area contributed by atoms with Gasteiger partial charge in [-0.15, -0.1) is 0 Å². The first-order valence-electron chi connectivity index (χ1n) is 5.64. The summed E-state index contributed by atoms with van der Waals surface area (Å²) in [5.74, 6) is 0.288. The molecule has 0 aromatic heterocycles. The number of likely N-dealkylation sites (tertiary alicyclic amines) is 1. The van der Waals surface area contributed by atoms with Crippen molar-refractivity contribution in [1.29, 1.82) is 0 Å². The summed E-state index contributed by atoms with van der Waals surface area (Å²) in [6.45, 7) is 8.37. The van der Waals surface area contributed by atoms with Gasteiger partial charge in [-0.1, -0.05) is 19.0 Å². The molecular formula is C11H22N2O2. The van der Waals surface area contributed by atoms with Gasteiger partial charge in [0.05, 0.1) is 11.3 Å². The monoisotopic (exact) mass is 214 g/mol. The van der Waals surface area contributed by atoms with Crippen molar-refractivity contribution < 1.29 is 10.3 Å². The van der Waals surface area contributed by atoms with Gasteiger partial charge >= 0.3 is 0 Å². The SMILES string of the molecule is CCC(C)(O)CN1CCC(=NO)C(C)C1. The van der Waals surface area contributed by atoms with Crippen LogP contribution in [0.15, 0.2) is 5.16 Å². The molecule has 2 N–H and O–H groups in total. The van der Waals surface area contributed by atoms with Crippen molar-refractivity contribution in [3.8, 4) is 0 Å². The molecule has 1 rings (SSSR count). The quantitative estimate of drug-likeness (QED) is 0.550. The lowest BCUT2D eigenvalue weighted by atomic mass is 9.95. The number of rotatable bonds is 3. The van der Waals surface area contributed by atoms with E-state index in [1.807, 2.05) is 13.8 Å². The van der Waals surface area contributed by atoms with E-state index in [-0.39, 0.29) is 5.92 Å². The van der Waals surface area contributed by atoms with Gasteiger partial charge in [-0.2, -0.15) is 0 Å². The lowest BCUT2D eigenvalue weighted by molar-refractivity contribution is 0.0129. The van der Waals surface area contributed by atoms with Crippen LogP contribution < -0.4 is 0 Å². The molecule has 0 spiro atoms. The molecule has 0 aromatic rings. The highest BCUT2D eigenvalue weighted by atomic mass is 16.4. The van der Waals surface area contributed by atoms with Gasteiger partial charge in [-0.25, -0.2) is 0 Å². The highest BCUT2D eigenvalue weighted by Crippen LogP contribution is 2.18. The summed E-state index contributed by atoms with van der Waals surface area (Å²) >= 11 is 0. The van der Waals surface area contributed by atoms with Crippen molar-refractivity contribution in [3.05, 3.63) is 0 Å². The Hall–Kier alpha value is -0.610. The van der Waals surface area contributed by atoms with Gasteiger partial charge < -0.3 is 10.3 Å². The molecule has 4 nitrogen and oxygen atoms in total. The second-order valence-electron chi connectivity index (χ2n) is 4.83. The van der Waals surface area contributed by atoms with Crippen LogP contribution in [-0.2, 0) is 0 Å². The average Bonchev–Trinajstić information content (AvgIpc) is 2.17. The highest BCUT2D eigenvalue weighted by Gasteiger charge is 2.27. The van der Waals surface area contributed by atoms with Gasteiger partial charge in [-0.05, 0) is 13.3 Å². The topological polar surface area (TPSA) is 56.1 Å². The molecule has 1 saturated heterocycles. The van der Waals surface area contributed by atoms with Crippen LogP contribution in [0.25, 0.3) is 0 Å². The molecule has 1 fully saturated rings. The molecule has 0 aromatic carbocycles. The van der Waals surface area contributed by atoms with Crippen molar-refractivity contribution >= 4 is 5.71 Å². The number of β-amino-alcohol motifs (C(OH)–C–C–N with tert-alkyl or cyclic N) is 1. The molecule has 1 heterocycles. The third-order valence-corrected chi connectivity index (χ3v) is 3.24.